The van der Waals surface area contributed by atoms with Gasteiger partial charge in [-0.05, 0) is 44.2 Å². The van der Waals surface area contributed by atoms with Crippen molar-refractivity contribution in [2.45, 2.75) is 32.7 Å². The maximum Gasteiger partial charge on any atom is 0.101 e. The lowest BCUT2D eigenvalue weighted by Crippen LogP contribution is -2.40. The third-order valence-corrected chi connectivity index (χ3v) is 3.96. The number of aryl methyl sites for hydroxylation is 1. The zero-order valence-corrected chi connectivity index (χ0v) is 11.2. The molecule has 0 radical (unpaired) electrons. The van der Waals surface area contributed by atoms with Crippen LogP contribution in [0.4, 0.5) is 5.69 Å². The fraction of sp³-hybridized carbons (Fsp3) is 0.533. The molecule has 0 aliphatic carbocycles. The van der Waals surface area contributed by atoms with E-state index < -0.39 is 0 Å². The van der Waals surface area contributed by atoms with E-state index in [2.05, 4.69) is 30.9 Å². The molecule has 1 heterocycles. The molecule has 0 amide bonds. The first-order valence-corrected chi connectivity index (χ1v) is 6.63. The average Bonchev–Trinajstić information content (AvgIpc) is 2.38. The van der Waals surface area contributed by atoms with Gasteiger partial charge in [0.1, 0.15) is 6.07 Å². The molecular formula is C15H21N3. The number of rotatable bonds is 2. The summed E-state index contributed by atoms with van der Waals surface area (Å²) in [6, 6.07) is 8.51. The first kappa shape index (κ1) is 12.9. The van der Waals surface area contributed by atoms with Crippen molar-refractivity contribution >= 4 is 5.69 Å². The maximum atomic E-state index is 9.22. The van der Waals surface area contributed by atoms with Gasteiger partial charge in [0, 0.05) is 19.1 Å². The summed E-state index contributed by atoms with van der Waals surface area (Å²) >= 11 is 0. The van der Waals surface area contributed by atoms with Crippen LogP contribution in [0.2, 0.25) is 0 Å². The molecule has 0 aromatic heterocycles. The Morgan fingerprint density at radius 3 is 2.61 bits per heavy atom. The molecule has 1 aliphatic heterocycles. The molecule has 2 rings (SSSR count). The van der Waals surface area contributed by atoms with Crippen molar-refractivity contribution in [1.29, 1.82) is 5.26 Å². The molecule has 18 heavy (non-hydrogen) atoms. The Kier molecular flexibility index (Phi) is 3.88. The average molecular weight is 243 g/mol. The number of hydrogen-bond acceptors (Lipinski definition) is 3. The number of anilines is 1. The van der Waals surface area contributed by atoms with Gasteiger partial charge in [-0.3, -0.25) is 0 Å². The van der Waals surface area contributed by atoms with Crippen molar-refractivity contribution in [3.05, 3.63) is 29.3 Å². The minimum absolute atomic E-state index is 0.277. The van der Waals surface area contributed by atoms with Gasteiger partial charge >= 0.3 is 0 Å². The molecule has 3 nitrogen and oxygen atoms in total. The number of piperidine rings is 1. The van der Waals surface area contributed by atoms with Crippen LogP contribution in [0, 0.1) is 24.2 Å². The second-order valence-corrected chi connectivity index (χ2v) is 5.27. The number of nitrogens with two attached hydrogens (primary N) is 1. The lowest BCUT2D eigenvalue weighted by Gasteiger charge is -2.36. The highest BCUT2D eigenvalue weighted by Crippen LogP contribution is 2.29. The molecule has 1 aliphatic rings. The number of nitriles is 1. The highest BCUT2D eigenvalue weighted by molar-refractivity contribution is 5.64. The molecule has 1 aromatic rings. The summed E-state index contributed by atoms with van der Waals surface area (Å²) in [5.41, 5.74) is 9.05. The lowest BCUT2D eigenvalue weighted by atomic mass is 9.90. The SMILES string of the molecule is Cc1cccc(C#N)c1N1CCC(C(C)N)CC1. The molecule has 1 aromatic carbocycles. The molecule has 1 fully saturated rings. The van der Waals surface area contributed by atoms with E-state index in [9.17, 15) is 5.26 Å². The zero-order valence-electron chi connectivity index (χ0n) is 11.2. The van der Waals surface area contributed by atoms with Gasteiger partial charge in [-0.25, -0.2) is 0 Å². The summed E-state index contributed by atoms with van der Waals surface area (Å²) < 4.78 is 0. The molecular weight excluding hydrogens is 222 g/mol. The van der Waals surface area contributed by atoms with Crippen LogP contribution in [0.1, 0.15) is 30.9 Å². The van der Waals surface area contributed by atoms with Gasteiger partial charge in [0.25, 0.3) is 0 Å². The smallest absolute Gasteiger partial charge is 0.101 e. The van der Waals surface area contributed by atoms with E-state index in [0.29, 0.717) is 5.92 Å². The standard InChI is InChI=1S/C15H21N3/c1-11-4-3-5-14(10-16)15(11)18-8-6-13(7-9-18)12(2)17/h3-5,12-13H,6-9,17H2,1-2H3. The topological polar surface area (TPSA) is 53.0 Å². The van der Waals surface area contributed by atoms with Crippen molar-refractivity contribution in [2.75, 3.05) is 18.0 Å². The van der Waals surface area contributed by atoms with E-state index in [4.69, 9.17) is 5.73 Å². The number of hydrogen-bond donors (Lipinski definition) is 1. The van der Waals surface area contributed by atoms with Crippen LogP contribution in [0.15, 0.2) is 18.2 Å². The van der Waals surface area contributed by atoms with Crippen molar-refractivity contribution in [3.8, 4) is 6.07 Å². The Hall–Kier alpha value is -1.53. The molecule has 96 valence electrons. The van der Waals surface area contributed by atoms with Crippen LogP contribution in [0.25, 0.3) is 0 Å². The maximum absolute atomic E-state index is 9.22. The van der Waals surface area contributed by atoms with Crippen LogP contribution in [0.5, 0.6) is 0 Å². The zero-order chi connectivity index (χ0) is 13.1. The summed E-state index contributed by atoms with van der Waals surface area (Å²) in [6.07, 6.45) is 2.24. The monoisotopic (exact) mass is 243 g/mol. The van der Waals surface area contributed by atoms with E-state index in [-0.39, 0.29) is 6.04 Å². The van der Waals surface area contributed by atoms with Crippen molar-refractivity contribution < 1.29 is 0 Å². The van der Waals surface area contributed by atoms with Crippen LogP contribution in [0.3, 0.4) is 0 Å². The van der Waals surface area contributed by atoms with Gasteiger partial charge in [-0.1, -0.05) is 12.1 Å². The van der Waals surface area contributed by atoms with Gasteiger partial charge in [0.2, 0.25) is 0 Å². The molecule has 1 saturated heterocycles. The summed E-state index contributed by atoms with van der Waals surface area (Å²) in [5, 5.41) is 9.22. The lowest BCUT2D eigenvalue weighted by molar-refractivity contribution is 0.354. The predicted molar refractivity (Wildman–Crippen MR) is 74.5 cm³/mol. The van der Waals surface area contributed by atoms with Crippen LogP contribution < -0.4 is 10.6 Å². The summed E-state index contributed by atoms with van der Waals surface area (Å²) in [5.74, 6) is 0.621. The van der Waals surface area contributed by atoms with E-state index in [1.807, 2.05) is 12.1 Å². The van der Waals surface area contributed by atoms with Gasteiger partial charge < -0.3 is 10.6 Å². The van der Waals surface area contributed by atoms with E-state index in [1.165, 1.54) is 5.56 Å². The summed E-state index contributed by atoms with van der Waals surface area (Å²) in [7, 11) is 0. The Morgan fingerprint density at radius 1 is 1.39 bits per heavy atom. The Balaban J connectivity index is 2.18. The highest BCUT2D eigenvalue weighted by Gasteiger charge is 2.24. The molecule has 2 N–H and O–H groups in total. The number of benzene rings is 1. The minimum atomic E-state index is 0.277. The number of para-hydroxylation sites is 1. The van der Waals surface area contributed by atoms with Crippen molar-refractivity contribution in [2.24, 2.45) is 11.7 Å². The van der Waals surface area contributed by atoms with Gasteiger partial charge in [0.15, 0.2) is 0 Å². The van der Waals surface area contributed by atoms with Gasteiger partial charge in [-0.15, -0.1) is 0 Å². The molecule has 0 bridgehead atoms. The van der Waals surface area contributed by atoms with Gasteiger partial charge in [-0.2, -0.15) is 5.26 Å². The minimum Gasteiger partial charge on any atom is -0.370 e. The largest absolute Gasteiger partial charge is 0.370 e. The molecule has 0 saturated carbocycles. The van der Waals surface area contributed by atoms with Crippen LogP contribution >= 0.6 is 0 Å². The molecule has 1 atom stereocenters. The van der Waals surface area contributed by atoms with Crippen LogP contribution in [-0.2, 0) is 0 Å². The summed E-state index contributed by atoms with van der Waals surface area (Å²) in [4.78, 5) is 2.34. The van der Waals surface area contributed by atoms with Crippen molar-refractivity contribution in [1.82, 2.24) is 0 Å². The van der Waals surface area contributed by atoms with E-state index >= 15 is 0 Å². The Morgan fingerprint density at radius 2 is 2.06 bits per heavy atom. The molecule has 1 unspecified atom stereocenters. The first-order chi connectivity index (χ1) is 8.63. The highest BCUT2D eigenvalue weighted by atomic mass is 15.1. The number of nitrogens with zero attached hydrogens (tertiary/aromatic N) is 2. The fourth-order valence-corrected chi connectivity index (χ4v) is 2.82. The quantitative estimate of drug-likeness (QED) is 0.868. The molecule has 3 heteroatoms. The predicted octanol–water partition coefficient (Wildman–Crippen LogP) is 2.43. The van der Waals surface area contributed by atoms with E-state index in [0.717, 1.165) is 37.2 Å². The normalized spacial score (nSPS) is 18.4. The van der Waals surface area contributed by atoms with Gasteiger partial charge in [0.05, 0.1) is 11.3 Å². The second-order valence-electron chi connectivity index (χ2n) is 5.27. The third kappa shape index (κ3) is 2.49. The Labute approximate surface area is 109 Å². The fourth-order valence-electron chi connectivity index (χ4n) is 2.82. The first-order valence-electron chi connectivity index (χ1n) is 6.63. The van der Waals surface area contributed by atoms with Crippen molar-refractivity contribution in [3.63, 3.8) is 0 Å². The third-order valence-electron chi connectivity index (χ3n) is 3.96. The van der Waals surface area contributed by atoms with Crippen LogP contribution in [-0.4, -0.2) is 19.1 Å². The Bertz CT molecular complexity index is 451. The summed E-state index contributed by atoms with van der Waals surface area (Å²) in [6.45, 7) is 6.18. The van der Waals surface area contributed by atoms with E-state index in [1.54, 1.807) is 0 Å². The molecule has 0 spiro atoms. The second kappa shape index (κ2) is 5.41.